The van der Waals surface area contributed by atoms with Crippen LogP contribution in [0.15, 0.2) is 41.3 Å². The highest BCUT2D eigenvalue weighted by molar-refractivity contribution is 7.89. The Morgan fingerprint density at radius 3 is 2.31 bits per heavy atom. The first-order valence-corrected chi connectivity index (χ1v) is 12.4. The van der Waals surface area contributed by atoms with Crippen molar-refractivity contribution in [2.45, 2.75) is 38.5 Å². The smallest absolute Gasteiger partial charge is 0.243 e. The molecule has 0 aliphatic carbocycles. The van der Waals surface area contributed by atoms with Crippen LogP contribution in [-0.4, -0.2) is 44.8 Å². The van der Waals surface area contributed by atoms with Crippen molar-refractivity contribution in [3.05, 3.63) is 47.2 Å². The number of halogens is 2. The van der Waals surface area contributed by atoms with Gasteiger partial charge in [-0.2, -0.15) is 4.31 Å². The van der Waals surface area contributed by atoms with Crippen LogP contribution >= 0.6 is 11.6 Å². The van der Waals surface area contributed by atoms with Crippen molar-refractivity contribution >= 4 is 44.6 Å². The van der Waals surface area contributed by atoms with Crippen molar-refractivity contribution in [3.8, 4) is 0 Å². The molecular weight excluding hydrogens is 455 g/mol. The molecule has 0 spiro atoms. The zero-order chi connectivity index (χ0) is 23.7. The van der Waals surface area contributed by atoms with Crippen molar-refractivity contribution in [2.24, 2.45) is 0 Å². The predicted molar refractivity (Wildman–Crippen MR) is 128 cm³/mol. The Bertz CT molecular complexity index is 1030. The third kappa shape index (κ3) is 6.82. The van der Waals surface area contributed by atoms with Crippen molar-refractivity contribution in [2.75, 3.05) is 42.1 Å². The Morgan fingerprint density at radius 1 is 1.00 bits per heavy atom. The molecule has 0 aliphatic heterocycles. The normalized spacial score (nSPS) is 11.4. The molecule has 0 bridgehead atoms. The van der Waals surface area contributed by atoms with Crippen LogP contribution in [0, 0.1) is 5.82 Å². The predicted octanol–water partition coefficient (Wildman–Crippen LogP) is 4.77. The van der Waals surface area contributed by atoms with Gasteiger partial charge < -0.3 is 16.0 Å². The summed E-state index contributed by atoms with van der Waals surface area (Å²) in [7, 11) is -3.65. The molecule has 0 atom stereocenters. The number of nitrogens with one attached hydrogen (secondary N) is 3. The fraction of sp³-hybridized carbons (Fsp3) is 0.409. The van der Waals surface area contributed by atoms with E-state index in [0.29, 0.717) is 36.7 Å². The molecule has 2 aromatic carbocycles. The van der Waals surface area contributed by atoms with Crippen molar-refractivity contribution < 1.29 is 17.6 Å². The zero-order valence-electron chi connectivity index (χ0n) is 18.5. The van der Waals surface area contributed by atoms with Gasteiger partial charge in [0.15, 0.2) is 0 Å². The van der Waals surface area contributed by atoms with E-state index >= 15 is 0 Å². The zero-order valence-corrected chi connectivity index (χ0v) is 20.1. The minimum atomic E-state index is -3.65. The van der Waals surface area contributed by atoms with Gasteiger partial charge in [0.05, 0.1) is 33.5 Å². The van der Waals surface area contributed by atoms with Crippen LogP contribution in [0.2, 0.25) is 5.02 Å². The molecule has 0 saturated carbocycles. The molecule has 10 heteroatoms. The molecule has 0 unspecified atom stereocenters. The first-order chi connectivity index (χ1) is 15.2. The van der Waals surface area contributed by atoms with Gasteiger partial charge in [-0.3, -0.25) is 4.79 Å². The maximum absolute atomic E-state index is 13.2. The minimum absolute atomic E-state index is 0.0904. The van der Waals surface area contributed by atoms with Crippen LogP contribution in [0.3, 0.4) is 0 Å². The molecule has 176 valence electrons. The summed E-state index contributed by atoms with van der Waals surface area (Å²) in [5.41, 5.74) is 1.48. The molecule has 0 aromatic heterocycles. The van der Waals surface area contributed by atoms with E-state index in [0.717, 1.165) is 18.9 Å². The van der Waals surface area contributed by atoms with E-state index in [-0.39, 0.29) is 16.5 Å². The number of amides is 1. The van der Waals surface area contributed by atoms with Crippen LogP contribution in [0.5, 0.6) is 0 Å². The number of benzene rings is 2. The van der Waals surface area contributed by atoms with Crippen LogP contribution in [0.25, 0.3) is 0 Å². The molecule has 0 aliphatic rings. The highest BCUT2D eigenvalue weighted by Gasteiger charge is 2.22. The second kappa shape index (κ2) is 12.0. The number of rotatable bonds is 12. The fourth-order valence-electron chi connectivity index (χ4n) is 3.06. The Hall–Kier alpha value is -2.36. The van der Waals surface area contributed by atoms with Crippen LogP contribution in [0.4, 0.5) is 21.5 Å². The van der Waals surface area contributed by atoms with E-state index in [9.17, 15) is 17.6 Å². The third-order valence-corrected chi connectivity index (χ3v) is 7.18. The van der Waals surface area contributed by atoms with Crippen LogP contribution in [0.1, 0.15) is 33.6 Å². The van der Waals surface area contributed by atoms with Crippen LogP contribution in [-0.2, 0) is 14.8 Å². The van der Waals surface area contributed by atoms with E-state index in [1.165, 1.54) is 22.5 Å². The monoisotopic (exact) mass is 484 g/mol. The molecule has 2 rings (SSSR count). The number of anilines is 3. The summed E-state index contributed by atoms with van der Waals surface area (Å²) in [6.07, 6.45) is 1.95. The van der Waals surface area contributed by atoms with Crippen LogP contribution < -0.4 is 16.0 Å². The molecule has 1 amide bonds. The lowest BCUT2D eigenvalue weighted by atomic mass is 10.2. The summed E-state index contributed by atoms with van der Waals surface area (Å²) >= 11 is 5.96. The highest BCUT2D eigenvalue weighted by atomic mass is 35.5. The summed E-state index contributed by atoms with van der Waals surface area (Å²) in [5.74, 6) is -0.907. The lowest BCUT2D eigenvalue weighted by Crippen LogP contribution is -2.30. The quantitative estimate of drug-likeness (QED) is 0.377. The van der Waals surface area contributed by atoms with E-state index in [4.69, 9.17) is 11.6 Å². The summed E-state index contributed by atoms with van der Waals surface area (Å²) in [6, 6.07) is 8.48. The molecule has 0 saturated heterocycles. The SMILES string of the molecule is CCCCNc1ccc(S(=O)(=O)N(CC)CC)cc1NCC(=O)Nc1ccc(F)cc1Cl. The fourth-order valence-corrected chi connectivity index (χ4v) is 4.76. The second-order valence-corrected chi connectivity index (χ2v) is 9.45. The van der Waals surface area contributed by atoms with E-state index < -0.39 is 21.7 Å². The number of carbonyl (C=O) groups excluding carboxylic acids is 1. The van der Waals surface area contributed by atoms with Gasteiger partial charge in [0, 0.05) is 19.6 Å². The average Bonchev–Trinajstić information content (AvgIpc) is 2.75. The van der Waals surface area contributed by atoms with Gasteiger partial charge >= 0.3 is 0 Å². The molecular formula is C22H30ClFN4O3S. The number of unbranched alkanes of at least 4 members (excludes halogenated alkanes) is 1. The maximum atomic E-state index is 13.2. The lowest BCUT2D eigenvalue weighted by molar-refractivity contribution is -0.114. The molecule has 0 radical (unpaired) electrons. The molecule has 2 aromatic rings. The standard InChI is InChI=1S/C22H30ClFN4O3S/c1-4-7-12-25-20-11-9-17(32(30,31)28(5-2)6-3)14-21(20)26-15-22(29)27-19-10-8-16(24)13-18(19)23/h8-11,13-14,25-26H,4-7,12,15H2,1-3H3,(H,27,29). The average molecular weight is 485 g/mol. The van der Waals surface area contributed by atoms with Crippen molar-refractivity contribution in [1.29, 1.82) is 0 Å². The van der Waals surface area contributed by atoms with Gasteiger partial charge in [0.25, 0.3) is 0 Å². The summed E-state index contributed by atoms with van der Waals surface area (Å²) < 4.78 is 40.4. The van der Waals surface area contributed by atoms with Gasteiger partial charge in [0.1, 0.15) is 5.82 Å². The number of carbonyl (C=O) groups is 1. The second-order valence-electron chi connectivity index (χ2n) is 7.10. The van der Waals surface area contributed by atoms with Gasteiger partial charge in [-0.15, -0.1) is 0 Å². The number of hydrogen-bond acceptors (Lipinski definition) is 5. The highest BCUT2D eigenvalue weighted by Crippen LogP contribution is 2.28. The first kappa shape index (κ1) is 25.9. The van der Waals surface area contributed by atoms with Gasteiger partial charge in [-0.1, -0.05) is 38.8 Å². The molecule has 32 heavy (non-hydrogen) atoms. The summed E-state index contributed by atoms with van der Waals surface area (Å²) in [5, 5.41) is 8.98. The largest absolute Gasteiger partial charge is 0.383 e. The lowest BCUT2D eigenvalue weighted by Gasteiger charge is -2.20. The number of sulfonamides is 1. The molecule has 0 heterocycles. The maximum Gasteiger partial charge on any atom is 0.243 e. The van der Waals surface area contributed by atoms with E-state index in [1.54, 1.807) is 26.0 Å². The summed E-state index contributed by atoms with van der Waals surface area (Å²) in [6.45, 7) is 6.94. The Balaban J connectivity index is 2.22. The number of hydrogen-bond donors (Lipinski definition) is 3. The summed E-state index contributed by atoms with van der Waals surface area (Å²) in [4.78, 5) is 12.5. The van der Waals surface area contributed by atoms with Gasteiger partial charge in [0.2, 0.25) is 15.9 Å². The molecule has 7 nitrogen and oxygen atoms in total. The molecule has 3 N–H and O–H groups in total. The third-order valence-electron chi connectivity index (χ3n) is 4.82. The number of nitrogens with zero attached hydrogens (tertiary/aromatic N) is 1. The van der Waals surface area contributed by atoms with Crippen molar-refractivity contribution in [3.63, 3.8) is 0 Å². The Morgan fingerprint density at radius 2 is 1.69 bits per heavy atom. The Kier molecular flexibility index (Phi) is 9.74. The van der Waals surface area contributed by atoms with E-state index in [1.807, 2.05) is 0 Å². The topological polar surface area (TPSA) is 90.5 Å². The van der Waals surface area contributed by atoms with Gasteiger partial charge in [-0.05, 0) is 42.8 Å². The minimum Gasteiger partial charge on any atom is -0.383 e. The van der Waals surface area contributed by atoms with E-state index in [2.05, 4.69) is 22.9 Å². The van der Waals surface area contributed by atoms with Gasteiger partial charge in [-0.25, -0.2) is 12.8 Å². The Labute approximate surface area is 194 Å². The first-order valence-electron chi connectivity index (χ1n) is 10.6. The van der Waals surface area contributed by atoms with Crippen molar-refractivity contribution in [1.82, 2.24) is 4.31 Å². The molecule has 0 fully saturated rings.